The fourth-order valence-corrected chi connectivity index (χ4v) is 4.12. The van der Waals surface area contributed by atoms with E-state index < -0.39 is 29.2 Å². The third-order valence-corrected chi connectivity index (χ3v) is 6.17. The summed E-state index contributed by atoms with van der Waals surface area (Å²) in [5, 5.41) is 2.65. The SMILES string of the molecule is CC(C)[C@H](NC(=O)c1nc2cnccc2[nH]c1=O)C(=O)N1CCC(Oc2ccc(C(F)(F)F)cc2)CC1. The smallest absolute Gasteiger partial charge is 0.416 e. The Hall–Kier alpha value is -3.96. The Bertz CT molecular complexity index is 1330. The van der Waals surface area contributed by atoms with Gasteiger partial charge in [-0.05, 0) is 36.2 Å². The van der Waals surface area contributed by atoms with E-state index in [0.29, 0.717) is 42.7 Å². The van der Waals surface area contributed by atoms with Crippen LogP contribution in [0, 0.1) is 5.92 Å². The highest BCUT2D eigenvalue weighted by Crippen LogP contribution is 2.31. The van der Waals surface area contributed by atoms with Crippen LogP contribution in [-0.2, 0) is 11.0 Å². The molecule has 3 aromatic rings. The molecular formula is C25H26F3N5O4. The van der Waals surface area contributed by atoms with Crippen molar-refractivity contribution in [1.82, 2.24) is 25.2 Å². The molecule has 1 aliphatic heterocycles. The first kappa shape index (κ1) is 26.1. The summed E-state index contributed by atoms with van der Waals surface area (Å²) in [4.78, 5) is 50.7. The van der Waals surface area contributed by atoms with Crippen molar-refractivity contribution < 1.29 is 27.5 Å². The predicted molar refractivity (Wildman–Crippen MR) is 128 cm³/mol. The van der Waals surface area contributed by atoms with E-state index in [4.69, 9.17) is 4.74 Å². The molecule has 0 bridgehead atoms. The number of piperidine rings is 1. The lowest BCUT2D eigenvalue weighted by Gasteiger charge is -2.35. The average molecular weight is 518 g/mol. The van der Waals surface area contributed by atoms with Gasteiger partial charge in [0.05, 0.1) is 17.3 Å². The molecule has 0 aliphatic carbocycles. The number of ether oxygens (including phenoxy) is 1. The Labute approximate surface area is 210 Å². The Morgan fingerprint density at radius 3 is 2.43 bits per heavy atom. The number of fused-ring (bicyclic) bond motifs is 1. The lowest BCUT2D eigenvalue weighted by atomic mass is 10.00. The van der Waals surface area contributed by atoms with Gasteiger partial charge >= 0.3 is 6.18 Å². The maximum Gasteiger partial charge on any atom is 0.416 e. The van der Waals surface area contributed by atoms with Crippen LogP contribution in [0.3, 0.4) is 0 Å². The zero-order chi connectivity index (χ0) is 26.7. The number of halogens is 3. The number of aromatic nitrogens is 3. The number of H-pyrrole nitrogens is 1. The number of rotatable bonds is 6. The number of carbonyl (C=O) groups is 2. The Balaban J connectivity index is 1.37. The molecule has 2 N–H and O–H groups in total. The number of aromatic amines is 1. The summed E-state index contributed by atoms with van der Waals surface area (Å²) in [6, 6.07) is 5.18. The molecular weight excluding hydrogens is 491 g/mol. The van der Waals surface area contributed by atoms with Gasteiger partial charge in [0, 0.05) is 32.1 Å². The zero-order valence-electron chi connectivity index (χ0n) is 20.2. The lowest BCUT2D eigenvalue weighted by molar-refractivity contribution is -0.137. The molecule has 1 aliphatic rings. The molecule has 1 aromatic carbocycles. The van der Waals surface area contributed by atoms with Crippen LogP contribution >= 0.6 is 0 Å². The summed E-state index contributed by atoms with van der Waals surface area (Å²) >= 11 is 0. The molecule has 12 heteroatoms. The fourth-order valence-electron chi connectivity index (χ4n) is 4.12. The van der Waals surface area contributed by atoms with Crippen LogP contribution in [-0.4, -0.2) is 56.9 Å². The number of hydrogen-bond acceptors (Lipinski definition) is 6. The number of likely N-dealkylation sites (tertiary alicyclic amines) is 1. The number of nitrogens with one attached hydrogen (secondary N) is 2. The zero-order valence-corrected chi connectivity index (χ0v) is 20.2. The highest BCUT2D eigenvalue weighted by Gasteiger charge is 2.33. The van der Waals surface area contributed by atoms with Crippen molar-refractivity contribution in [2.24, 2.45) is 5.92 Å². The first-order valence-corrected chi connectivity index (χ1v) is 11.8. The Kier molecular flexibility index (Phi) is 7.46. The van der Waals surface area contributed by atoms with Gasteiger partial charge in [-0.15, -0.1) is 0 Å². The van der Waals surface area contributed by atoms with E-state index in [1.807, 2.05) is 0 Å². The molecule has 9 nitrogen and oxygen atoms in total. The quantitative estimate of drug-likeness (QED) is 0.519. The van der Waals surface area contributed by atoms with E-state index in [9.17, 15) is 27.6 Å². The molecule has 37 heavy (non-hydrogen) atoms. The van der Waals surface area contributed by atoms with Crippen LogP contribution in [0.25, 0.3) is 11.0 Å². The van der Waals surface area contributed by atoms with Crippen molar-refractivity contribution in [3.05, 3.63) is 64.3 Å². The van der Waals surface area contributed by atoms with Crippen molar-refractivity contribution in [2.45, 2.75) is 45.0 Å². The number of alkyl halides is 3. The maximum atomic E-state index is 13.2. The van der Waals surface area contributed by atoms with Crippen LogP contribution in [0.4, 0.5) is 13.2 Å². The lowest BCUT2D eigenvalue weighted by Crippen LogP contribution is -2.54. The van der Waals surface area contributed by atoms with Crippen LogP contribution in [0.1, 0.15) is 42.7 Å². The van der Waals surface area contributed by atoms with Gasteiger partial charge in [-0.3, -0.25) is 19.4 Å². The third-order valence-electron chi connectivity index (χ3n) is 6.17. The van der Waals surface area contributed by atoms with Crippen molar-refractivity contribution in [1.29, 1.82) is 0 Å². The van der Waals surface area contributed by atoms with Crippen LogP contribution in [0.5, 0.6) is 5.75 Å². The largest absolute Gasteiger partial charge is 0.490 e. The second kappa shape index (κ2) is 10.6. The van der Waals surface area contributed by atoms with Gasteiger partial charge in [0.25, 0.3) is 11.5 Å². The second-order valence-electron chi connectivity index (χ2n) is 9.17. The molecule has 2 amide bonds. The maximum absolute atomic E-state index is 13.2. The van der Waals surface area contributed by atoms with Crippen LogP contribution in [0.2, 0.25) is 0 Å². The van der Waals surface area contributed by atoms with Crippen molar-refractivity contribution in [2.75, 3.05) is 13.1 Å². The molecule has 0 saturated carbocycles. The van der Waals surface area contributed by atoms with Gasteiger partial charge in [0.2, 0.25) is 5.91 Å². The molecule has 0 unspecified atom stereocenters. The standard InChI is InChI=1S/C25H26F3N5O4/c1-14(2)20(32-23(35)21-22(34)31-18-7-10-29-13-19(18)30-21)24(36)33-11-8-17(9-12-33)37-16-5-3-15(4-6-16)25(26,27)28/h3-7,10,13-14,17,20H,8-9,11-12H2,1-2H3,(H,31,34)(H,32,35)/t20-/m0/s1. The van der Waals surface area contributed by atoms with Gasteiger partial charge in [-0.25, -0.2) is 4.98 Å². The van der Waals surface area contributed by atoms with Crippen molar-refractivity contribution >= 4 is 22.8 Å². The molecule has 1 fully saturated rings. The van der Waals surface area contributed by atoms with Gasteiger partial charge in [0.15, 0.2) is 5.69 Å². The van der Waals surface area contributed by atoms with E-state index in [2.05, 4.69) is 20.3 Å². The molecule has 0 spiro atoms. The summed E-state index contributed by atoms with van der Waals surface area (Å²) in [6.07, 6.45) is -0.812. The summed E-state index contributed by atoms with van der Waals surface area (Å²) in [7, 11) is 0. The molecule has 4 rings (SSSR count). The van der Waals surface area contributed by atoms with E-state index in [1.165, 1.54) is 24.5 Å². The first-order valence-electron chi connectivity index (χ1n) is 11.8. The van der Waals surface area contributed by atoms with E-state index >= 15 is 0 Å². The van der Waals surface area contributed by atoms with E-state index in [-0.39, 0.29) is 23.6 Å². The summed E-state index contributed by atoms with van der Waals surface area (Å²) < 4.78 is 44.0. The second-order valence-corrected chi connectivity index (χ2v) is 9.17. The normalized spacial score (nSPS) is 15.6. The number of benzene rings is 1. The molecule has 2 aromatic heterocycles. The van der Waals surface area contributed by atoms with Crippen LogP contribution < -0.4 is 15.6 Å². The summed E-state index contributed by atoms with van der Waals surface area (Å²) in [5.74, 6) is -0.998. The topological polar surface area (TPSA) is 117 Å². The number of hydrogen-bond donors (Lipinski definition) is 2. The summed E-state index contributed by atoms with van der Waals surface area (Å²) in [6.45, 7) is 4.27. The van der Waals surface area contributed by atoms with Gasteiger partial charge < -0.3 is 19.9 Å². The fraction of sp³-hybridized carbons (Fsp3) is 0.400. The number of pyridine rings is 1. The van der Waals surface area contributed by atoms with Gasteiger partial charge in [-0.1, -0.05) is 13.8 Å². The first-order chi connectivity index (χ1) is 17.5. The molecule has 196 valence electrons. The highest BCUT2D eigenvalue weighted by molar-refractivity contribution is 5.97. The number of amides is 2. The van der Waals surface area contributed by atoms with E-state index in [1.54, 1.807) is 24.8 Å². The molecule has 1 saturated heterocycles. The van der Waals surface area contributed by atoms with Gasteiger partial charge in [-0.2, -0.15) is 13.2 Å². The number of carbonyl (C=O) groups excluding carboxylic acids is 2. The predicted octanol–water partition coefficient (Wildman–Crippen LogP) is 3.16. The Morgan fingerprint density at radius 1 is 1.14 bits per heavy atom. The minimum absolute atomic E-state index is 0.262. The monoisotopic (exact) mass is 517 g/mol. The van der Waals surface area contributed by atoms with Crippen molar-refractivity contribution in [3.63, 3.8) is 0 Å². The minimum Gasteiger partial charge on any atom is -0.490 e. The Morgan fingerprint density at radius 2 is 1.81 bits per heavy atom. The number of nitrogens with zero attached hydrogens (tertiary/aromatic N) is 3. The summed E-state index contributed by atoms with van der Waals surface area (Å²) in [5.41, 5.74) is -1.00. The van der Waals surface area contributed by atoms with Crippen LogP contribution in [0.15, 0.2) is 47.5 Å². The highest BCUT2D eigenvalue weighted by atomic mass is 19.4. The van der Waals surface area contributed by atoms with Gasteiger partial charge in [0.1, 0.15) is 23.4 Å². The molecule has 0 radical (unpaired) electrons. The molecule has 3 heterocycles. The van der Waals surface area contributed by atoms with E-state index in [0.717, 1.165) is 12.1 Å². The minimum atomic E-state index is -4.41. The third kappa shape index (κ3) is 6.07. The molecule has 1 atom stereocenters. The van der Waals surface area contributed by atoms with Crippen molar-refractivity contribution in [3.8, 4) is 5.75 Å². The average Bonchev–Trinajstić information content (AvgIpc) is 2.86.